The first-order chi connectivity index (χ1) is 11.1. The fraction of sp³-hybridized carbons (Fsp3) is 0.176. The number of carbonyl (C=O) groups is 2. The first-order valence-corrected chi connectivity index (χ1v) is 7.12. The minimum Gasteiger partial charge on any atom is -0.482 e. The molecule has 0 unspecified atom stereocenters. The maximum absolute atomic E-state index is 12.5. The van der Waals surface area contributed by atoms with Gasteiger partial charge in [-0.3, -0.25) is 4.79 Å². The number of hydrogen-bond acceptors (Lipinski definition) is 4. The van der Waals surface area contributed by atoms with E-state index in [0.29, 0.717) is 11.5 Å². The summed E-state index contributed by atoms with van der Waals surface area (Å²) >= 11 is 0. The maximum Gasteiger partial charge on any atom is 0.337 e. The predicted octanol–water partition coefficient (Wildman–Crippen LogP) is 2.55. The van der Waals surface area contributed by atoms with Crippen LogP contribution in [0.25, 0.3) is 0 Å². The second-order valence-electron chi connectivity index (χ2n) is 5.15. The number of aromatic carboxylic acids is 1. The van der Waals surface area contributed by atoms with Crippen molar-refractivity contribution < 1.29 is 24.2 Å². The Hall–Kier alpha value is -3.02. The molecule has 23 heavy (non-hydrogen) atoms. The lowest BCUT2D eigenvalue weighted by molar-refractivity contribution is -0.128. The van der Waals surface area contributed by atoms with Gasteiger partial charge in [-0.05, 0) is 31.2 Å². The molecule has 0 saturated heterocycles. The van der Waals surface area contributed by atoms with Crippen LogP contribution < -0.4 is 14.8 Å². The van der Waals surface area contributed by atoms with Crippen LogP contribution in [-0.2, 0) is 4.79 Å². The number of amides is 1. The third-order valence-electron chi connectivity index (χ3n) is 3.52. The minimum atomic E-state index is -1.11. The van der Waals surface area contributed by atoms with Crippen LogP contribution in [0.5, 0.6) is 11.5 Å². The van der Waals surface area contributed by atoms with E-state index >= 15 is 0 Å². The molecule has 0 radical (unpaired) electrons. The number of carbonyl (C=O) groups excluding carboxylic acids is 1. The molecule has 0 aliphatic carbocycles. The normalized spacial score (nSPS) is 19.0. The van der Waals surface area contributed by atoms with E-state index in [2.05, 4.69) is 5.32 Å². The molecule has 0 aromatic heterocycles. The topological polar surface area (TPSA) is 84.9 Å². The average molecular weight is 313 g/mol. The molecule has 2 aromatic rings. The predicted molar refractivity (Wildman–Crippen MR) is 83.0 cm³/mol. The van der Waals surface area contributed by atoms with Crippen molar-refractivity contribution in [3.8, 4) is 11.5 Å². The van der Waals surface area contributed by atoms with Gasteiger partial charge in [0.25, 0.3) is 5.91 Å². The summed E-state index contributed by atoms with van der Waals surface area (Å²) in [5.41, 5.74) is 0.241. The van der Waals surface area contributed by atoms with Gasteiger partial charge in [0.15, 0.2) is 11.5 Å². The Morgan fingerprint density at radius 1 is 1.00 bits per heavy atom. The number of rotatable bonds is 3. The number of carboxylic acids is 1. The van der Waals surface area contributed by atoms with Gasteiger partial charge in [0, 0.05) is 0 Å². The molecule has 2 N–H and O–H groups in total. The summed E-state index contributed by atoms with van der Waals surface area (Å²) < 4.78 is 11.4. The Kier molecular flexibility index (Phi) is 3.89. The van der Waals surface area contributed by atoms with E-state index < -0.39 is 24.1 Å². The number of fused-ring (bicyclic) bond motifs is 1. The van der Waals surface area contributed by atoms with Crippen molar-refractivity contribution in [2.75, 3.05) is 5.32 Å². The van der Waals surface area contributed by atoms with Crippen LogP contribution in [0.15, 0.2) is 48.5 Å². The molecule has 1 aliphatic rings. The molecular weight excluding hydrogens is 298 g/mol. The molecule has 3 rings (SSSR count). The van der Waals surface area contributed by atoms with Crippen LogP contribution in [-0.4, -0.2) is 29.2 Å². The largest absolute Gasteiger partial charge is 0.482 e. The number of nitrogens with one attached hydrogen (secondary N) is 1. The van der Waals surface area contributed by atoms with Crippen LogP contribution in [0.2, 0.25) is 0 Å². The van der Waals surface area contributed by atoms with Gasteiger partial charge in [-0.1, -0.05) is 24.3 Å². The Bertz CT molecular complexity index is 758. The summed E-state index contributed by atoms with van der Waals surface area (Å²) in [7, 11) is 0. The van der Waals surface area contributed by atoms with Crippen LogP contribution in [0, 0.1) is 0 Å². The van der Waals surface area contributed by atoms with Crippen molar-refractivity contribution in [3.05, 3.63) is 54.1 Å². The molecule has 0 saturated carbocycles. The highest BCUT2D eigenvalue weighted by atomic mass is 16.6. The summed E-state index contributed by atoms with van der Waals surface area (Å²) in [6.07, 6.45) is -1.37. The quantitative estimate of drug-likeness (QED) is 0.909. The van der Waals surface area contributed by atoms with Crippen molar-refractivity contribution in [3.63, 3.8) is 0 Å². The van der Waals surface area contributed by atoms with Crippen molar-refractivity contribution >= 4 is 17.6 Å². The molecule has 2 atom stereocenters. The molecular formula is C17H15NO5. The number of para-hydroxylation sites is 3. The van der Waals surface area contributed by atoms with Gasteiger partial charge >= 0.3 is 5.97 Å². The van der Waals surface area contributed by atoms with Crippen molar-refractivity contribution in [2.24, 2.45) is 0 Å². The first-order valence-electron chi connectivity index (χ1n) is 7.12. The highest BCUT2D eigenvalue weighted by Gasteiger charge is 2.34. The van der Waals surface area contributed by atoms with Gasteiger partial charge in [-0.15, -0.1) is 0 Å². The van der Waals surface area contributed by atoms with Crippen LogP contribution >= 0.6 is 0 Å². The third-order valence-corrected chi connectivity index (χ3v) is 3.52. The van der Waals surface area contributed by atoms with E-state index in [9.17, 15) is 9.59 Å². The fourth-order valence-corrected chi connectivity index (χ4v) is 2.39. The lowest BCUT2D eigenvalue weighted by Crippen LogP contribution is -2.46. The monoisotopic (exact) mass is 313 g/mol. The lowest BCUT2D eigenvalue weighted by atomic mass is 10.1. The lowest BCUT2D eigenvalue weighted by Gasteiger charge is -2.31. The standard InChI is InChI=1S/C17H15NO5/c1-10-15(23-14-9-5-4-8-13(14)22-10)16(19)18-12-7-3-2-6-11(12)17(20)21/h2-10,15H,1H3,(H,18,19)(H,20,21)/t10-,15-/m0/s1. The molecule has 1 amide bonds. The summed E-state index contributed by atoms with van der Waals surface area (Å²) in [6, 6.07) is 13.3. The van der Waals surface area contributed by atoms with E-state index in [1.807, 2.05) is 6.07 Å². The van der Waals surface area contributed by atoms with Crippen molar-refractivity contribution in [2.45, 2.75) is 19.1 Å². The van der Waals surface area contributed by atoms with Gasteiger partial charge in [-0.25, -0.2) is 4.79 Å². The Morgan fingerprint density at radius 3 is 2.30 bits per heavy atom. The van der Waals surface area contributed by atoms with Gasteiger partial charge in [0.05, 0.1) is 11.3 Å². The Labute approximate surface area is 132 Å². The van der Waals surface area contributed by atoms with Crippen molar-refractivity contribution in [1.29, 1.82) is 0 Å². The number of anilines is 1. The van der Waals surface area contributed by atoms with Gasteiger partial charge < -0.3 is 19.9 Å². The second-order valence-corrected chi connectivity index (χ2v) is 5.15. The summed E-state index contributed by atoms with van der Waals surface area (Å²) in [4.78, 5) is 23.7. The van der Waals surface area contributed by atoms with E-state index in [0.717, 1.165) is 0 Å². The van der Waals surface area contributed by atoms with E-state index in [-0.39, 0.29) is 11.3 Å². The molecule has 118 valence electrons. The zero-order valence-electron chi connectivity index (χ0n) is 12.4. The van der Waals surface area contributed by atoms with Gasteiger partial charge in [-0.2, -0.15) is 0 Å². The molecule has 0 fully saturated rings. The second kappa shape index (κ2) is 6.00. The van der Waals surface area contributed by atoms with Crippen LogP contribution in [0.3, 0.4) is 0 Å². The average Bonchev–Trinajstić information content (AvgIpc) is 2.54. The number of hydrogen-bond donors (Lipinski definition) is 2. The van der Waals surface area contributed by atoms with Gasteiger partial charge in [0.1, 0.15) is 6.10 Å². The molecule has 1 heterocycles. The van der Waals surface area contributed by atoms with E-state index in [4.69, 9.17) is 14.6 Å². The van der Waals surface area contributed by atoms with Crippen LogP contribution in [0.4, 0.5) is 5.69 Å². The first kappa shape index (κ1) is 14.9. The third kappa shape index (κ3) is 2.96. The van der Waals surface area contributed by atoms with Gasteiger partial charge in [0.2, 0.25) is 6.10 Å². The molecule has 1 aliphatic heterocycles. The summed E-state index contributed by atoms with van der Waals surface area (Å²) in [5.74, 6) is -0.506. The van der Waals surface area contributed by atoms with Crippen LogP contribution in [0.1, 0.15) is 17.3 Å². The SMILES string of the molecule is C[C@@H]1Oc2ccccc2O[C@@H]1C(=O)Nc1ccccc1C(=O)O. The number of carboxylic acid groups (broad SMARTS) is 1. The summed E-state index contributed by atoms with van der Waals surface area (Å²) in [5, 5.41) is 11.8. The molecule has 0 spiro atoms. The number of benzene rings is 2. The fourth-order valence-electron chi connectivity index (χ4n) is 2.39. The highest BCUT2D eigenvalue weighted by Crippen LogP contribution is 2.33. The zero-order valence-corrected chi connectivity index (χ0v) is 12.4. The minimum absolute atomic E-state index is 0.0191. The smallest absolute Gasteiger partial charge is 0.337 e. The molecule has 6 nitrogen and oxygen atoms in total. The molecule has 0 bridgehead atoms. The van der Waals surface area contributed by atoms with E-state index in [1.165, 1.54) is 12.1 Å². The Morgan fingerprint density at radius 2 is 1.61 bits per heavy atom. The molecule has 2 aromatic carbocycles. The highest BCUT2D eigenvalue weighted by molar-refractivity contribution is 6.02. The maximum atomic E-state index is 12.5. The van der Waals surface area contributed by atoms with E-state index in [1.54, 1.807) is 37.3 Å². The molecule has 6 heteroatoms. The number of ether oxygens (including phenoxy) is 2. The zero-order chi connectivity index (χ0) is 16.4. The Balaban J connectivity index is 1.81. The van der Waals surface area contributed by atoms with Crippen molar-refractivity contribution in [1.82, 2.24) is 0 Å². The summed E-state index contributed by atoms with van der Waals surface area (Å²) in [6.45, 7) is 1.73.